The third-order valence-electron chi connectivity index (χ3n) is 3.02. The van der Waals surface area contributed by atoms with Gasteiger partial charge in [0.15, 0.2) is 0 Å². The number of aryl methyl sites for hydroxylation is 1. The SMILES string of the molecule is CCC(C)Oc1c(C)cc(Br)cc1CNC(C)(C)C. The zero-order valence-corrected chi connectivity index (χ0v) is 14.5. The van der Waals surface area contributed by atoms with E-state index in [9.17, 15) is 0 Å². The van der Waals surface area contributed by atoms with Crippen molar-refractivity contribution in [2.24, 2.45) is 0 Å². The average Bonchev–Trinajstić information content (AvgIpc) is 2.28. The van der Waals surface area contributed by atoms with Crippen molar-refractivity contribution in [2.75, 3.05) is 0 Å². The summed E-state index contributed by atoms with van der Waals surface area (Å²) in [6.45, 7) is 13.7. The van der Waals surface area contributed by atoms with Crippen LogP contribution >= 0.6 is 15.9 Å². The molecule has 0 saturated carbocycles. The van der Waals surface area contributed by atoms with Crippen molar-refractivity contribution in [3.63, 3.8) is 0 Å². The Morgan fingerprint density at radius 2 is 1.95 bits per heavy atom. The van der Waals surface area contributed by atoms with Crippen molar-refractivity contribution >= 4 is 15.9 Å². The number of hydrogen-bond donors (Lipinski definition) is 1. The lowest BCUT2D eigenvalue weighted by Gasteiger charge is -2.24. The van der Waals surface area contributed by atoms with Crippen molar-refractivity contribution < 1.29 is 4.74 Å². The molecule has 1 aromatic rings. The molecule has 3 heteroatoms. The van der Waals surface area contributed by atoms with Gasteiger partial charge in [0.05, 0.1) is 6.10 Å². The molecule has 1 N–H and O–H groups in total. The highest BCUT2D eigenvalue weighted by atomic mass is 79.9. The molecule has 0 bridgehead atoms. The number of halogens is 1. The van der Waals surface area contributed by atoms with E-state index >= 15 is 0 Å². The molecule has 1 rings (SSSR count). The molecule has 0 aliphatic rings. The van der Waals surface area contributed by atoms with Crippen LogP contribution < -0.4 is 10.1 Å². The van der Waals surface area contributed by atoms with Crippen LogP contribution in [0.2, 0.25) is 0 Å². The zero-order valence-electron chi connectivity index (χ0n) is 12.9. The summed E-state index contributed by atoms with van der Waals surface area (Å²) >= 11 is 3.57. The third kappa shape index (κ3) is 5.53. The summed E-state index contributed by atoms with van der Waals surface area (Å²) in [5.41, 5.74) is 2.49. The minimum atomic E-state index is 0.101. The molecule has 0 heterocycles. The van der Waals surface area contributed by atoms with E-state index in [0.29, 0.717) is 0 Å². The molecule has 0 fully saturated rings. The predicted molar refractivity (Wildman–Crippen MR) is 85.9 cm³/mol. The highest BCUT2D eigenvalue weighted by Gasteiger charge is 2.15. The van der Waals surface area contributed by atoms with Crippen LogP contribution in [-0.2, 0) is 6.54 Å². The minimum Gasteiger partial charge on any atom is -0.490 e. The second-order valence-corrected chi connectivity index (χ2v) is 7.07. The fourth-order valence-corrected chi connectivity index (χ4v) is 2.36. The van der Waals surface area contributed by atoms with Gasteiger partial charge in [-0.1, -0.05) is 22.9 Å². The molecule has 0 amide bonds. The van der Waals surface area contributed by atoms with E-state index in [-0.39, 0.29) is 11.6 Å². The Morgan fingerprint density at radius 3 is 2.47 bits per heavy atom. The van der Waals surface area contributed by atoms with Crippen LogP contribution in [0.25, 0.3) is 0 Å². The number of benzene rings is 1. The zero-order chi connectivity index (χ0) is 14.6. The maximum Gasteiger partial charge on any atom is 0.127 e. The van der Waals surface area contributed by atoms with E-state index in [1.165, 1.54) is 11.1 Å². The van der Waals surface area contributed by atoms with Gasteiger partial charge in [-0.15, -0.1) is 0 Å². The van der Waals surface area contributed by atoms with Crippen LogP contribution in [0.15, 0.2) is 16.6 Å². The van der Waals surface area contributed by atoms with E-state index < -0.39 is 0 Å². The molecular weight excluding hydrogens is 302 g/mol. The van der Waals surface area contributed by atoms with E-state index in [1.54, 1.807) is 0 Å². The first kappa shape index (κ1) is 16.5. The van der Waals surface area contributed by atoms with Crippen molar-refractivity contribution in [2.45, 2.75) is 66.2 Å². The van der Waals surface area contributed by atoms with E-state index in [0.717, 1.165) is 23.2 Å². The lowest BCUT2D eigenvalue weighted by Crippen LogP contribution is -2.35. The van der Waals surface area contributed by atoms with Gasteiger partial charge < -0.3 is 10.1 Å². The minimum absolute atomic E-state index is 0.101. The molecule has 0 aromatic heterocycles. The first-order chi connectivity index (χ1) is 8.73. The third-order valence-corrected chi connectivity index (χ3v) is 3.48. The number of hydrogen-bond acceptors (Lipinski definition) is 2. The molecule has 19 heavy (non-hydrogen) atoms. The van der Waals surface area contributed by atoms with Gasteiger partial charge in [0, 0.05) is 22.1 Å². The second-order valence-electron chi connectivity index (χ2n) is 6.15. The van der Waals surface area contributed by atoms with Gasteiger partial charge in [0.2, 0.25) is 0 Å². The highest BCUT2D eigenvalue weighted by Crippen LogP contribution is 2.29. The summed E-state index contributed by atoms with van der Waals surface area (Å²) in [5.74, 6) is 1.02. The van der Waals surface area contributed by atoms with Gasteiger partial charge in [-0.25, -0.2) is 0 Å². The normalized spacial score (nSPS) is 13.4. The smallest absolute Gasteiger partial charge is 0.127 e. The van der Waals surface area contributed by atoms with Crippen molar-refractivity contribution in [1.29, 1.82) is 0 Å². The molecule has 0 aliphatic heterocycles. The molecule has 0 aliphatic carbocycles. The van der Waals surface area contributed by atoms with E-state index in [1.807, 2.05) is 0 Å². The average molecular weight is 328 g/mol. The first-order valence-corrected chi connectivity index (χ1v) is 7.73. The Bertz CT molecular complexity index is 423. The van der Waals surface area contributed by atoms with Crippen molar-refractivity contribution in [1.82, 2.24) is 5.32 Å². The summed E-state index contributed by atoms with van der Waals surface area (Å²) in [4.78, 5) is 0. The molecule has 1 aromatic carbocycles. The maximum atomic E-state index is 6.08. The second kappa shape index (κ2) is 6.76. The molecule has 108 valence electrons. The van der Waals surface area contributed by atoms with Gasteiger partial charge in [-0.3, -0.25) is 0 Å². The quantitative estimate of drug-likeness (QED) is 0.836. The fourth-order valence-electron chi connectivity index (χ4n) is 1.74. The standard InChI is InChI=1S/C16H26BrNO/c1-7-12(3)19-15-11(2)8-14(17)9-13(15)10-18-16(4,5)6/h8-9,12,18H,7,10H2,1-6H3. The van der Waals surface area contributed by atoms with Gasteiger partial charge in [0.1, 0.15) is 5.75 Å². The van der Waals surface area contributed by atoms with Crippen LogP contribution in [0, 0.1) is 6.92 Å². The lowest BCUT2D eigenvalue weighted by molar-refractivity contribution is 0.213. The van der Waals surface area contributed by atoms with Crippen LogP contribution in [0.3, 0.4) is 0 Å². The monoisotopic (exact) mass is 327 g/mol. The van der Waals surface area contributed by atoms with Gasteiger partial charge in [0.25, 0.3) is 0 Å². The number of nitrogens with one attached hydrogen (secondary N) is 1. The van der Waals surface area contributed by atoms with E-state index in [4.69, 9.17) is 4.74 Å². The summed E-state index contributed by atoms with van der Waals surface area (Å²) in [6, 6.07) is 4.25. The molecule has 2 nitrogen and oxygen atoms in total. The van der Waals surface area contributed by atoms with Gasteiger partial charge in [-0.2, -0.15) is 0 Å². The van der Waals surface area contributed by atoms with Gasteiger partial charge in [-0.05, 0) is 58.7 Å². The maximum absolute atomic E-state index is 6.08. The van der Waals surface area contributed by atoms with Crippen LogP contribution in [0.1, 0.15) is 52.2 Å². The predicted octanol–water partition coefficient (Wildman–Crippen LogP) is 4.82. The fraction of sp³-hybridized carbons (Fsp3) is 0.625. The molecular formula is C16H26BrNO. The summed E-state index contributed by atoms with van der Waals surface area (Å²) in [6.07, 6.45) is 1.26. The van der Waals surface area contributed by atoms with Crippen molar-refractivity contribution in [3.05, 3.63) is 27.7 Å². The summed E-state index contributed by atoms with van der Waals surface area (Å²) in [7, 11) is 0. The Labute approximate surface area is 126 Å². The van der Waals surface area contributed by atoms with Gasteiger partial charge >= 0.3 is 0 Å². The Morgan fingerprint density at radius 1 is 1.32 bits per heavy atom. The number of rotatable bonds is 5. The Kier molecular flexibility index (Phi) is 5.87. The number of ether oxygens (including phenoxy) is 1. The summed E-state index contributed by atoms with van der Waals surface area (Å²) in [5, 5.41) is 3.52. The van der Waals surface area contributed by atoms with Crippen LogP contribution in [0.4, 0.5) is 0 Å². The lowest BCUT2D eigenvalue weighted by atomic mass is 10.1. The Hall–Kier alpha value is -0.540. The molecule has 0 spiro atoms. The molecule has 0 radical (unpaired) electrons. The largest absolute Gasteiger partial charge is 0.490 e. The Balaban J connectivity index is 2.99. The van der Waals surface area contributed by atoms with Crippen molar-refractivity contribution in [3.8, 4) is 5.75 Å². The van der Waals surface area contributed by atoms with E-state index in [2.05, 4.69) is 74.9 Å². The topological polar surface area (TPSA) is 21.3 Å². The molecule has 1 atom stereocenters. The van der Waals surface area contributed by atoms with Crippen LogP contribution in [0.5, 0.6) is 5.75 Å². The van der Waals surface area contributed by atoms with Crippen LogP contribution in [-0.4, -0.2) is 11.6 Å². The molecule has 0 saturated heterocycles. The highest BCUT2D eigenvalue weighted by molar-refractivity contribution is 9.10. The first-order valence-electron chi connectivity index (χ1n) is 6.93. The summed E-state index contributed by atoms with van der Waals surface area (Å²) < 4.78 is 7.19. The molecule has 1 unspecified atom stereocenters.